The predicted octanol–water partition coefficient (Wildman–Crippen LogP) is 5.52. The molecule has 1 N–H and O–H groups in total. The van der Waals surface area contributed by atoms with Crippen molar-refractivity contribution in [1.82, 2.24) is 0 Å². The van der Waals surface area contributed by atoms with Gasteiger partial charge in [0.2, 0.25) is 0 Å². The predicted molar refractivity (Wildman–Crippen MR) is 113 cm³/mol. The number of hydrogen-bond donors (Lipinski definition) is 1. The number of hydrogen-bond acceptors (Lipinski definition) is 3. The molecule has 1 aliphatic carbocycles. The van der Waals surface area contributed by atoms with Gasteiger partial charge in [0.05, 0.1) is 0 Å². The topological polar surface area (TPSA) is 63.6 Å². The first-order valence-electron chi connectivity index (χ1n) is 8.98. The second-order valence-corrected chi connectivity index (χ2v) is 8.02. The SMILES string of the molecule is CC1=C(/C=C/C(C)=C/C=C/C(C)=C/C(=O)O)C(C)(C)CCC1OC(=O)CBr. The van der Waals surface area contributed by atoms with Crippen LogP contribution in [0.3, 0.4) is 0 Å². The van der Waals surface area contributed by atoms with Crippen molar-refractivity contribution in [3.05, 3.63) is 58.7 Å². The number of carbonyl (C=O) groups is 2. The molecule has 0 radical (unpaired) electrons. The lowest BCUT2D eigenvalue weighted by Crippen LogP contribution is -2.31. The van der Waals surface area contributed by atoms with Gasteiger partial charge in [-0.05, 0) is 55.7 Å². The first-order valence-corrected chi connectivity index (χ1v) is 10.1. The van der Waals surface area contributed by atoms with Gasteiger partial charge in [-0.15, -0.1) is 0 Å². The molecular weight excluding hydrogens is 408 g/mol. The maximum Gasteiger partial charge on any atom is 0.328 e. The van der Waals surface area contributed by atoms with Gasteiger partial charge in [-0.25, -0.2) is 4.79 Å². The molecule has 1 rings (SSSR count). The fourth-order valence-corrected chi connectivity index (χ4v) is 3.24. The number of ether oxygens (including phenoxy) is 1. The zero-order valence-electron chi connectivity index (χ0n) is 16.7. The number of carboxylic acids is 1. The minimum absolute atomic E-state index is 0.0226. The lowest BCUT2D eigenvalue weighted by Gasteiger charge is -2.37. The third-order valence-electron chi connectivity index (χ3n) is 4.63. The highest BCUT2D eigenvalue weighted by Crippen LogP contribution is 2.42. The zero-order chi connectivity index (χ0) is 20.6. The lowest BCUT2D eigenvalue weighted by molar-refractivity contribution is -0.144. The summed E-state index contributed by atoms with van der Waals surface area (Å²) in [5.74, 6) is -1.19. The Balaban J connectivity index is 2.98. The Bertz CT molecular complexity index is 721. The van der Waals surface area contributed by atoms with Crippen LogP contribution in [0.25, 0.3) is 0 Å². The number of allylic oxidation sites excluding steroid dienone is 8. The minimum atomic E-state index is -0.949. The third-order valence-corrected chi connectivity index (χ3v) is 5.09. The van der Waals surface area contributed by atoms with Gasteiger partial charge in [-0.2, -0.15) is 0 Å². The second-order valence-electron chi connectivity index (χ2n) is 7.46. The lowest BCUT2D eigenvalue weighted by atomic mass is 9.71. The van der Waals surface area contributed by atoms with E-state index in [1.165, 1.54) is 11.6 Å². The monoisotopic (exact) mass is 436 g/mol. The summed E-state index contributed by atoms with van der Waals surface area (Å²) in [6, 6.07) is 0. The highest BCUT2D eigenvalue weighted by Gasteiger charge is 2.33. The Morgan fingerprint density at radius 2 is 1.93 bits per heavy atom. The van der Waals surface area contributed by atoms with Crippen LogP contribution < -0.4 is 0 Å². The van der Waals surface area contributed by atoms with Crippen LogP contribution in [0, 0.1) is 5.41 Å². The van der Waals surface area contributed by atoms with Gasteiger partial charge >= 0.3 is 11.9 Å². The van der Waals surface area contributed by atoms with Gasteiger partial charge in [0.1, 0.15) is 11.4 Å². The molecular formula is C22H29BrO4. The molecule has 0 aromatic rings. The van der Waals surface area contributed by atoms with E-state index in [0.717, 1.165) is 24.0 Å². The molecule has 1 unspecified atom stereocenters. The molecule has 5 heteroatoms. The van der Waals surface area contributed by atoms with E-state index in [4.69, 9.17) is 9.84 Å². The van der Waals surface area contributed by atoms with Gasteiger partial charge in [0, 0.05) is 6.08 Å². The molecule has 0 saturated carbocycles. The van der Waals surface area contributed by atoms with Gasteiger partial charge in [0.25, 0.3) is 0 Å². The first kappa shape index (κ1) is 23.2. The number of esters is 1. The molecule has 0 amide bonds. The molecule has 0 aliphatic heterocycles. The van der Waals surface area contributed by atoms with Crippen molar-refractivity contribution in [3.8, 4) is 0 Å². The van der Waals surface area contributed by atoms with Gasteiger partial charge < -0.3 is 9.84 Å². The Labute approximate surface area is 170 Å². The van der Waals surface area contributed by atoms with Crippen LogP contribution in [0.4, 0.5) is 0 Å². The maximum atomic E-state index is 11.6. The van der Waals surface area contributed by atoms with Crippen LogP contribution >= 0.6 is 15.9 Å². The average Bonchev–Trinajstić information content (AvgIpc) is 2.56. The molecule has 0 aromatic heterocycles. The van der Waals surface area contributed by atoms with Crippen LogP contribution in [-0.2, 0) is 14.3 Å². The standard InChI is InChI=1S/C22H29BrO4/c1-15(7-6-8-16(2)13-20(24)25)9-10-18-17(3)19(27-21(26)14-23)11-12-22(18,4)5/h6-10,13,19H,11-12,14H2,1-5H3,(H,24,25)/b8-6+,10-9+,15-7+,16-13+. The number of rotatable bonds is 7. The number of carboxylic acid groups (broad SMARTS) is 1. The summed E-state index contributed by atoms with van der Waals surface area (Å²) in [6.45, 7) is 10.2. The van der Waals surface area contributed by atoms with Crippen molar-refractivity contribution in [3.63, 3.8) is 0 Å². The van der Waals surface area contributed by atoms with Crippen molar-refractivity contribution in [2.45, 2.75) is 53.6 Å². The largest absolute Gasteiger partial charge is 0.478 e. The molecule has 148 valence electrons. The molecule has 27 heavy (non-hydrogen) atoms. The van der Waals surface area contributed by atoms with Crippen molar-refractivity contribution in [2.75, 3.05) is 5.33 Å². The molecule has 0 fully saturated rings. The van der Waals surface area contributed by atoms with Gasteiger partial charge in [-0.1, -0.05) is 65.7 Å². The van der Waals surface area contributed by atoms with E-state index in [1.54, 1.807) is 13.0 Å². The Morgan fingerprint density at radius 3 is 2.52 bits per heavy atom. The molecule has 1 atom stereocenters. The van der Waals surface area contributed by atoms with Gasteiger partial charge in [0.15, 0.2) is 0 Å². The average molecular weight is 437 g/mol. The number of carbonyl (C=O) groups excluding carboxylic acids is 1. The number of halogens is 1. The van der Waals surface area contributed by atoms with E-state index < -0.39 is 5.97 Å². The molecule has 0 bridgehead atoms. The minimum Gasteiger partial charge on any atom is -0.478 e. The molecule has 0 spiro atoms. The summed E-state index contributed by atoms with van der Waals surface area (Å²) in [4.78, 5) is 22.2. The normalized spacial score (nSPS) is 21.2. The van der Waals surface area contributed by atoms with Crippen molar-refractivity contribution < 1.29 is 19.4 Å². The highest BCUT2D eigenvalue weighted by atomic mass is 79.9. The quantitative estimate of drug-likeness (QED) is 0.247. The Hall–Kier alpha value is -1.88. The zero-order valence-corrected chi connectivity index (χ0v) is 18.3. The van der Waals surface area contributed by atoms with E-state index in [1.807, 2.05) is 32.1 Å². The third kappa shape index (κ3) is 7.71. The van der Waals surface area contributed by atoms with E-state index in [2.05, 4.69) is 35.9 Å². The van der Waals surface area contributed by atoms with E-state index >= 15 is 0 Å². The van der Waals surface area contributed by atoms with E-state index in [9.17, 15) is 9.59 Å². The molecule has 0 saturated heterocycles. The second kappa shape index (κ2) is 10.5. The maximum absolute atomic E-state index is 11.6. The fraction of sp³-hybridized carbons (Fsp3) is 0.455. The highest BCUT2D eigenvalue weighted by molar-refractivity contribution is 9.09. The van der Waals surface area contributed by atoms with Gasteiger partial charge in [-0.3, -0.25) is 4.79 Å². The fourth-order valence-electron chi connectivity index (χ4n) is 3.11. The Kier molecular flexibility index (Phi) is 8.97. The summed E-state index contributed by atoms with van der Waals surface area (Å²) >= 11 is 3.14. The Morgan fingerprint density at radius 1 is 1.26 bits per heavy atom. The summed E-state index contributed by atoms with van der Waals surface area (Å²) in [7, 11) is 0. The smallest absolute Gasteiger partial charge is 0.328 e. The van der Waals surface area contributed by atoms with E-state index in [0.29, 0.717) is 5.57 Å². The van der Waals surface area contributed by atoms with E-state index in [-0.39, 0.29) is 22.8 Å². The summed E-state index contributed by atoms with van der Waals surface area (Å²) in [5.41, 5.74) is 4.04. The molecule has 1 aliphatic rings. The van der Waals surface area contributed by atoms with Crippen molar-refractivity contribution in [1.29, 1.82) is 0 Å². The van der Waals surface area contributed by atoms with Crippen molar-refractivity contribution >= 4 is 27.9 Å². The number of aliphatic carboxylic acids is 1. The summed E-state index contributed by atoms with van der Waals surface area (Å²) in [5, 5.41) is 8.91. The van der Waals surface area contributed by atoms with Crippen molar-refractivity contribution in [2.24, 2.45) is 5.41 Å². The summed E-state index contributed by atoms with van der Waals surface area (Å²) in [6.07, 6.45) is 12.5. The van der Waals surface area contributed by atoms with Crippen LogP contribution in [0.5, 0.6) is 0 Å². The van der Waals surface area contributed by atoms with Crippen LogP contribution in [0.15, 0.2) is 58.7 Å². The van der Waals surface area contributed by atoms with Crippen LogP contribution in [0.2, 0.25) is 0 Å². The van der Waals surface area contributed by atoms with Crippen LogP contribution in [-0.4, -0.2) is 28.5 Å². The summed E-state index contributed by atoms with van der Waals surface area (Å²) < 4.78 is 5.55. The van der Waals surface area contributed by atoms with Crippen LogP contribution in [0.1, 0.15) is 47.5 Å². The first-order chi connectivity index (χ1) is 12.6. The molecule has 0 aromatic carbocycles. The molecule has 0 heterocycles. The molecule has 4 nitrogen and oxygen atoms in total. The number of alkyl halides is 1.